The third-order valence-corrected chi connectivity index (χ3v) is 2.11. The van der Waals surface area contributed by atoms with E-state index in [1.54, 1.807) is 12.3 Å². The average molecular weight is 229 g/mol. The van der Waals surface area contributed by atoms with Crippen LogP contribution >= 0.6 is 0 Å². The number of hydrogen-bond donors (Lipinski definition) is 0. The number of aromatic nitrogens is 3. The van der Waals surface area contributed by atoms with Crippen LogP contribution in [-0.2, 0) is 0 Å². The largest absolute Gasteiger partial charge is 0.492 e. The second kappa shape index (κ2) is 5.16. The molecule has 0 bridgehead atoms. The Morgan fingerprint density at radius 3 is 2.53 bits per heavy atom. The quantitative estimate of drug-likeness (QED) is 0.743. The summed E-state index contributed by atoms with van der Waals surface area (Å²) in [5.41, 5.74) is 0.897. The summed E-state index contributed by atoms with van der Waals surface area (Å²) in [5, 5.41) is 0. The molecule has 0 aromatic carbocycles. The van der Waals surface area contributed by atoms with Crippen LogP contribution in [0.4, 0.5) is 0 Å². The van der Waals surface area contributed by atoms with Gasteiger partial charge in [0, 0.05) is 24.2 Å². The molecule has 0 saturated heterocycles. The molecule has 0 unspecified atom stereocenters. The average Bonchev–Trinajstić information content (AvgIpc) is 2.40. The molecule has 2 heterocycles. The molecule has 2 aromatic rings. The SMILES string of the molecule is CCOc1cncc(C(=O)c2cncnc2)c1. The van der Waals surface area contributed by atoms with Crippen molar-refractivity contribution in [3.8, 4) is 5.75 Å². The van der Waals surface area contributed by atoms with E-state index in [0.717, 1.165) is 0 Å². The molecule has 0 radical (unpaired) electrons. The van der Waals surface area contributed by atoms with Gasteiger partial charge in [-0.1, -0.05) is 0 Å². The summed E-state index contributed by atoms with van der Waals surface area (Å²) in [6, 6.07) is 1.66. The third-order valence-electron chi connectivity index (χ3n) is 2.11. The molecule has 5 nitrogen and oxygen atoms in total. The van der Waals surface area contributed by atoms with Crippen LogP contribution in [0.15, 0.2) is 37.2 Å². The summed E-state index contributed by atoms with van der Waals surface area (Å²) >= 11 is 0. The van der Waals surface area contributed by atoms with Crippen molar-refractivity contribution in [2.24, 2.45) is 0 Å². The van der Waals surface area contributed by atoms with Gasteiger partial charge in [0.25, 0.3) is 0 Å². The third kappa shape index (κ3) is 2.63. The maximum Gasteiger partial charge on any atom is 0.197 e. The van der Waals surface area contributed by atoms with Gasteiger partial charge in [-0.15, -0.1) is 0 Å². The Kier molecular flexibility index (Phi) is 3.40. The molecule has 0 spiro atoms. The van der Waals surface area contributed by atoms with E-state index in [1.165, 1.54) is 24.9 Å². The van der Waals surface area contributed by atoms with E-state index in [2.05, 4.69) is 15.0 Å². The smallest absolute Gasteiger partial charge is 0.197 e. The summed E-state index contributed by atoms with van der Waals surface area (Å²) < 4.78 is 5.29. The zero-order chi connectivity index (χ0) is 12.1. The topological polar surface area (TPSA) is 65.0 Å². The highest BCUT2D eigenvalue weighted by molar-refractivity contribution is 6.08. The molecule has 2 rings (SSSR count). The van der Waals surface area contributed by atoms with Crippen molar-refractivity contribution in [1.82, 2.24) is 15.0 Å². The Labute approximate surface area is 98.5 Å². The van der Waals surface area contributed by atoms with Crippen LogP contribution in [0.25, 0.3) is 0 Å². The minimum Gasteiger partial charge on any atom is -0.492 e. The van der Waals surface area contributed by atoms with E-state index in [1.807, 2.05) is 6.92 Å². The van der Waals surface area contributed by atoms with Crippen molar-refractivity contribution >= 4 is 5.78 Å². The number of ketones is 1. The molecule has 0 N–H and O–H groups in total. The van der Waals surface area contributed by atoms with Crippen molar-refractivity contribution < 1.29 is 9.53 Å². The van der Waals surface area contributed by atoms with Gasteiger partial charge >= 0.3 is 0 Å². The molecule has 0 aliphatic heterocycles. The second-order valence-corrected chi connectivity index (χ2v) is 3.30. The standard InChI is InChI=1S/C12H11N3O2/c1-2-17-11-3-9(4-13-7-11)12(16)10-5-14-8-15-6-10/h3-8H,2H2,1H3. The Morgan fingerprint density at radius 2 is 1.82 bits per heavy atom. The highest BCUT2D eigenvalue weighted by Crippen LogP contribution is 2.14. The normalized spacial score (nSPS) is 9.94. The lowest BCUT2D eigenvalue weighted by Crippen LogP contribution is -2.04. The molecule has 5 heteroatoms. The predicted octanol–water partition coefficient (Wildman–Crippen LogP) is 1.50. The Bertz CT molecular complexity index is 514. The van der Waals surface area contributed by atoms with Gasteiger partial charge < -0.3 is 4.74 Å². The van der Waals surface area contributed by atoms with Crippen molar-refractivity contribution in [2.45, 2.75) is 6.92 Å². The van der Waals surface area contributed by atoms with Gasteiger partial charge in [-0.25, -0.2) is 9.97 Å². The van der Waals surface area contributed by atoms with Crippen molar-refractivity contribution in [3.05, 3.63) is 48.3 Å². The van der Waals surface area contributed by atoms with Crippen LogP contribution in [-0.4, -0.2) is 27.3 Å². The maximum atomic E-state index is 12.0. The molecule has 2 aromatic heterocycles. The number of pyridine rings is 1. The fourth-order valence-corrected chi connectivity index (χ4v) is 1.37. The van der Waals surface area contributed by atoms with E-state index in [9.17, 15) is 4.79 Å². The van der Waals surface area contributed by atoms with Crippen LogP contribution in [0.3, 0.4) is 0 Å². The Balaban J connectivity index is 2.28. The maximum absolute atomic E-state index is 12.0. The fourth-order valence-electron chi connectivity index (χ4n) is 1.37. The summed E-state index contributed by atoms with van der Waals surface area (Å²) in [7, 11) is 0. The number of rotatable bonds is 4. The second-order valence-electron chi connectivity index (χ2n) is 3.30. The van der Waals surface area contributed by atoms with E-state index in [-0.39, 0.29) is 5.78 Å². The van der Waals surface area contributed by atoms with Gasteiger partial charge in [0.1, 0.15) is 12.1 Å². The van der Waals surface area contributed by atoms with E-state index in [4.69, 9.17) is 4.74 Å². The summed E-state index contributed by atoms with van der Waals surface area (Å²) in [6.45, 7) is 2.41. The zero-order valence-electron chi connectivity index (χ0n) is 9.33. The lowest BCUT2D eigenvalue weighted by Gasteiger charge is -2.04. The first-order valence-corrected chi connectivity index (χ1v) is 5.19. The zero-order valence-corrected chi connectivity index (χ0v) is 9.33. The van der Waals surface area contributed by atoms with Gasteiger partial charge in [-0.2, -0.15) is 0 Å². The minimum atomic E-state index is -0.167. The van der Waals surface area contributed by atoms with E-state index >= 15 is 0 Å². The minimum absolute atomic E-state index is 0.167. The van der Waals surface area contributed by atoms with Gasteiger partial charge in [-0.05, 0) is 13.0 Å². The van der Waals surface area contributed by atoms with Crippen LogP contribution in [0.1, 0.15) is 22.8 Å². The van der Waals surface area contributed by atoms with Crippen LogP contribution < -0.4 is 4.74 Å². The molecule has 17 heavy (non-hydrogen) atoms. The van der Waals surface area contributed by atoms with Crippen LogP contribution in [0.5, 0.6) is 5.75 Å². The lowest BCUT2D eigenvalue weighted by molar-refractivity contribution is 0.103. The van der Waals surface area contributed by atoms with Gasteiger partial charge in [0.15, 0.2) is 5.78 Å². The fraction of sp³-hybridized carbons (Fsp3) is 0.167. The van der Waals surface area contributed by atoms with E-state index in [0.29, 0.717) is 23.5 Å². The Hall–Kier alpha value is -2.30. The van der Waals surface area contributed by atoms with Gasteiger partial charge in [0.05, 0.1) is 18.4 Å². The van der Waals surface area contributed by atoms with Crippen molar-refractivity contribution in [2.75, 3.05) is 6.61 Å². The number of hydrogen-bond acceptors (Lipinski definition) is 5. The molecular formula is C12H11N3O2. The number of ether oxygens (including phenoxy) is 1. The van der Waals surface area contributed by atoms with Gasteiger partial charge in [0.2, 0.25) is 0 Å². The van der Waals surface area contributed by atoms with E-state index < -0.39 is 0 Å². The lowest BCUT2D eigenvalue weighted by atomic mass is 10.1. The molecule has 0 fully saturated rings. The number of carbonyl (C=O) groups is 1. The molecular weight excluding hydrogens is 218 g/mol. The van der Waals surface area contributed by atoms with Crippen molar-refractivity contribution in [1.29, 1.82) is 0 Å². The molecule has 0 saturated carbocycles. The first kappa shape index (κ1) is 11.2. The van der Waals surface area contributed by atoms with Crippen LogP contribution in [0.2, 0.25) is 0 Å². The summed E-state index contributed by atoms with van der Waals surface area (Å²) in [5.74, 6) is 0.412. The highest BCUT2D eigenvalue weighted by atomic mass is 16.5. The highest BCUT2D eigenvalue weighted by Gasteiger charge is 2.10. The predicted molar refractivity (Wildman–Crippen MR) is 60.9 cm³/mol. The molecule has 0 amide bonds. The molecule has 0 atom stereocenters. The first-order valence-electron chi connectivity index (χ1n) is 5.19. The first-order chi connectivity index (χ1) is 8.31. The summed E-state index contributed by atoms with van der Waals surface area (Å²) in [6.07, 6.45) is 7.40. The number of carbonyl (C=O) groups excluding carboxylic acids is 1. The summed E-state index contributed by atoms with van der Waals surface area (Å²) in [4.78, 5) is 23.6. The molecule has 0 aliphatic rings. The monoisotopic (exact) mass is 229 g/mol. The van der Waals surface area contributed by atoms with Gasteiger partial charge in [-0.3, -0.25) is 9.78 Å². The van der Waals surface area contributed by atoms with Crippen LogP contribution in [0, 0.1) is 0 Å². The Morgan fingerprint density at radius 1 is 1.12 bits per heavy atom. The molecule has 86 valence electrons. The van der Waals surface area contributed by atoms with Crippen molar-refractivity contribution in [3.63, 3.8) is 0 Å². The number of nitrogens with zero attached hydrogens (tertiary/aromatic N) is 3. The molecule has 0 aliphatic carbocycles.